The number of anilines is 3. The Kier molecular flexibility index (Phi) is 5.80. The number of carbonyl (C=O) groups excluding carboxylic acids is 1. The molecule has 1 amide bonds. The molecule has 0 atom stereocenters. The van der Waals surface area contributed by atoms with E-state index >= 15 is 0 Å². The molecule has 2 aromatic carbocycles. The van der Waals surface area contributed by atoms with Crippen LogP contribution in [0.1, 0.15) is 27.0 Å². The maximum absolute atomic E-state index is 12.5. The molecule has 144 valence electrons. The Labute approximate surface area is 168 Å². The van der Waals surface area contributed by atoms with Gasteiger partial charge in [0.05, 0.1) is 18.4 Å². The number of hydrogen-bond donors (Lipinski definition) is 2. The van der Waals surface area contributed by atoms with Gasteiger partial charge in [-0.2, -0.15) is 0 Å². The lowest BCUT2D eigenvalue weighted by Crippen LogP contribution is -2.14. The van der Waals surface area contributed by atoms with Gasteiger partial charge in [-0.1, -0.05) is 23.7 Å². The van der Waals surface area contributed by atoms with Gasteiger partial charge in [-0.25, -0.2) is 9.97 Å². The Morgan fingerprint density at radius 1 is 1.00 bits per heavy atom. The number of ether oxygens (including phenoxy) is 1. The number of aryl methyl sites for hydroxylation is 3. The maximum atomic E-state index is 12.5. The Morgan fingerprint density at radius 2 is 1.71 bits per heavy atom. The van der Waals surface area contributed by atoms with Crippen LogP contribution >= 0.6 is 11.6 Å². The fourth-order valence-corrected chi connectivity index (χ4v) is 2.78. The highest BCUT2D eigenvalue weighted by Gasteiger charge is 2.13. The molecule has 0 aliphatic carbocycles. The quantitative estimate of drug-likeness (QED) is 0.630. The summed E-state index contributed by atoms with van der Waals surface area (Å²) in [7, 11) is 1.52. The third-order valence-electron chi connectivity index (χ3n) is 4.28. The van der Waals surface area contributed by atoms with E-state index in [0.29, 0.717) is 28.0 Å². The first-order chi connectivity index (χ1) is 13.4. The van der Waals surface area contributed by atoms with Crippen LogP contribution in [-0.4, -0.2) is 23.0 Å². The van der Waals surface area contributed by atoms with Crippen molar-refractivity contribution >= 4 is 34.8 Å². The molecule has 1 aromatic heterocycles. The number of nitrogens with zero attached hydrogens (tertiary/aromatic N) is 2. The molecule has 0 bridgehead atoms. The van der Waals surface area contributed by atoms with Crippen molar-refractivity contribution in [1.29, 1.82) is 0 Å². The largest absolute Gasteiger partial charge is 0.495 e. The van der Waals surface area contributed by atoms with Crippen molar-refractivity contribution in [3.05, 3.63) is 70.0 Å². The van der Waals surface area contributed by atoms with Crippen molar-refractivity contribution in [3.63, 3.8) is 0 Å². The van der Waals surface area contributed by atoms with Crippen LogP contribution in [0, 0.1) is 20.8 Å². The number of nitrogens with one attached hydrogen (secondary N) is 2. The topological polar surface area (TPSA) is 76.1 Å². The second-order valence-corrected chi connectivity index (χ2v) is 6.90. The number of methoxy groups -OCH3 is 1. The fourth-order valence-electron chi connectivity index (χ4n) is 2.63. The first-order valence-corrected chi connectivity index (χ1v) is 9.07. The van der Waals surface area contributed by atoms with E-state index in [1.165, 1.54) is 19.5 Å². The Balaban J connectivity index is 1.75. The van der Waals surface area contributed by atoms with Crippen LogP contribution in [-0.2, 0) is 0 Å². The molecular formula is C21H21ClN4O2. The summed E-state index contributed by atoms with van der Waals surface area (Å²) in [6, 6.07) is 9.52. The van der Waals surface area contributed by atoms with Gasteiger partial charge in [0, 0.05) is 29.2 Å². The molecule has 0 radical (unpaired) electrons. The second kappa shape index (κ2) is 8.27. The number of hydrogen-bond acceptors (Lipinski definition) is 5. The van der Waals surface area contributed by atoms with Crippen LogP contribution < -0.4 is 15.4 Å². The molecule has 0 aliphatic rings. The van der Waals surface area contributed by atoms with E-state index in [9.17, 15) is 4.79 Å². The van der Waals surface area contributed by atoms with Gasteiger partial charge >= 0.3 is 0 Å². The van der Waals surface area contributed by atoms with Gasteiger partial charge in [-0.15, -0.1) is 0 Å². The van der Waals surface area contributed by atoms with E-state index in [-0.39, 0.29) is 5.91 Å². The van der Waals surface area contributed by atoms with E-state index in [1.54, 1.807) is 12.1 Å². The Morgan fingerprint density at radius 3 is 2.39 bits per heavy atom. The molecule has 0 aliphatic heterocycles. The number of halogens is 1. The van der Waals surface area contributed by atoms with Gasteiger partial charge < -0.3 is 15.4 Å². The summed E-state index contributed by atoms with van der Waals surface area (Å²) in [6.45, 7) is 5.88. The summed E-state index contributed by atoms with van der Waals surface area (Å²) in [5, 5.41) is 6.55. The normalized spacial score (nSPS) is 10.5. The summed E-state index contributed by atoms with van der Waals surface area (Å²) >= 11 is 6.10. The molecule has 0 saturated heterocycles. The Bertz CT molecular complexity index is 1020. The smallest absolute Gasteiger partial charge is 0.258 e. The zero-order valence-electron chi connectivity index (χ0n) is 16.1. The molecule has 6 nitrogen and oxygen atoms in total. The predicted octanol–water partition coefficient (Wildman–Crippen LogP) is 5.06. The number of carbonyl (C=O) groups is 1. The molecule has 0 fully saturated rings. The molecule has 3 rings (SSSR count). The molecule has 28 heavy (non-hydrogen) atoms. The van der Waals surface area contributed by atoms with Crippen molar-refractivity contribution in [2.45, 2.75) is 20.8 Å². The van der Waals surface area contributed by atoms with Gasteiger partial charge in [0.1, 0.15) is 5.75 Å². The first kappa shape index (κ1) is 19.6. The van der Waals surface area contributed by atoms with Crippen molar-refractivity contribution in [2.75, 3.05) is 17.7 Å². The minimum Gasteiger partial charge on any atom is -0.495 e. The molecule has 0 unspecified atom stereocenters. The highest BCUT2D eigenvalue weighted by Crippen LogP contribution is 2.31. The second-order valence-electron chi connectivity index (χ2n) is 6.49. The lowest BCUT2D eigenvalue weighted by Gasteiger charge is -2.12. The van der Waals surface area contributed by atoms with Crippen LogP contribution in [0.5, 0.6) is 5.75 Å². The van der Waals surface area contributed by atoms with Crippen LogP contribution in [0.2, 0.25) is 5.02 Å². The van der Waals surface area contributed by atoms with E-state index in [0.717, 1.165) is 22.4 Å². The van der Waals surface area contributed by atoms with E-state index in [1.807, 2.05) is 39.0 Å². The van der Waals surface area contributed by atoms with Crippen LogP contribution in [0.25, 0.3) is 0 Å². The van der Waals surface area contributed by atoms with Gasteiger partial charge in [0.2, 0.25) is 5.95 Å². The molecule has 1 heterocycles. The number of aromatic nitrogens is 2. The average Bonchev–Trinajstić information content (AvgIpc) is 2.68. The summed E-state index contributed by atoms with van der Waals surface area (Å²) in [5.41, 5.74) is 4.85. The molecule has 3 aromatic rings. The summed E-state index contributed by atoms with van der Waals surface area (Å²) in [5.74, 6) is 0.571. The lowest BCUT2D eigenvalue weighted by atomic mass is 10.1. The number of amides is 1. The molecule has 0 spiro atoms. The minimum absolute atomic E-state index is 0.334. The summed E-state index contributed by atoms with van der Waals surface area (Å²) in [6.07, 6.45) is 2.95. The predicted molar refractivity (Wildman–Crippen MR) is 112 cm³/mol. The lowest BCUT2D eigenvalue weighted by molar-refractivity contribution is 0.102. The molecule has 7 heteroatoms. The summed E-state index contributed by atoms with van der Waals surface area (Å²) < 4.78 is 5.28. The van der Waals surface area contributed by atoms with Crippen molar-refractivity contribution in [1.82, 2.24) is 9.97 Å². The van der Waals surface area contributed by atoms with E-state index in [4.69, 9.17) is 16.3 Å². The zero-order chi connectivity index (χ0) is 20.3. The minimum atomic E-state index is -0.335. The van der Waals surface area contributed by atoms with Gasteiger partial charge in [0.15, 0.2) is 0 Å². The highest BCUT2D eigenvalue weighted by molar-refractivity contribution is 6.31. The maximum Gasteiger partial charge on any atom is 0.258 e. The van der Waals surface area contributed by atoms with Crippen LogP contribution in [0.4, 0.5) is 17.3 Å². The van der Waals surface area contributed by atoms with Gasteiger partial charge in [-0.05, 0) is 49.6 Å². The van der Waals surface area contributed by atoms with E-state index in [2.05, 4.69) is 20.6 Å². The van der Waals surface area contributed by atoms with Gasteiger partial charge in [-0.3, -0.25) is 4.79 Å². The van der Waals surface area contributed by atoms with Gasteiger partial charge in [0.25, 0.3) is 5.91 Å². The van der Waals surface area contributed by atoms with Crippen molar-refractivity contribution in [2.24, 2.45) is 0 Å². The monoisotopic (exact) mass is 396 g/mol. The van der Waals surface area contributed by atoms with Crippen molar-refractivity contribution in [3.8, 4) is 5.75 Å². The fraction of sp³-hybridized carbons (Fsp3) is 0.190. The molecule has 0 saturated carbocycles. The average molecular weight is 397 g/mol. The third-order valence-corrected chi connectivity index (χ3v) is 4.69. The Hall–Kier alpha value is -3.12. The first-order valence-electron chi connectivity index (χ1n) is 8.69. The molecular weight excluding hydrogens is 376 g/mol. The van der Waals surface area contributed by atoms with E-state index < -0.39 is 0 Å². The van der Waals surface area contributed by atoms with Crippen molar-refractivity contribution < 1.29 is 9.53 Å². The highest BCUT2D eigenvalue weighted by atomic mass is 35.5. The number of benzene rings is 2. The SMILES string of the molecule is COc1cc(Cl)c(C)cc1NC(=O)c1cnc(Nc2cc(C)ccc2C)nc1. The third kappa shape index (κ3) is 4.40. The molecule has 2 N–H and O–H groups in total. The number of rotatable bonds is 5. The summed E-state index contributed by atoms with van der Waals surface area (Å²) in [4.78, 5) is 21.0. The van der Waals surface area contributed by atoms with Crippen LogP contribution in [0.15, 0.2) is 42.7 Å². The zero-order valence-corrected chi connectivity index (χ0v) is 16.9. The standard InChI is InChI=1S/C21H21ClN4O2/c1-12-5-6-13(2)17(7-12)26-21-23-10-15(11-24-21)20(27)25-18-8-14(3)16(22)9-19(18)28-4/h5-11H,1-4H3,(H,25,27)(H,23,24,26). The van der Waals surface area contributed by atoms with Crippen LogP contribution in [0.3, 0.4) is 0 Å².